The van der Waals surface area contributed by atoms with Crippen molar-refractivity contribution in [2.45, 2.75) is 45.4 Å². The molecule has 0 aliphatic carbocycles. The summed E-state index contributed by atoms with van der Waals surface area (Å²) < 4.78 is 0. The van der Waals surface area contributed by atoms with E-state index in [1.54, 1.807) is 0 Å². The van der Waals surface area contributed by atoms with Gasteiger partial charge in [0.05, 0.1) is 0 Å². The summed E-state index contributed by atoms with van der Waals surface area (Å²) in [5, 5.41) is 8.42. The number of halogens is 3. The van der Waals surface area contributed by atoms with E-state index in [0.29, 0.717) is 6.61 Å². The Morgan fingerprint density at radius 1 is 0.769 bits per heavy atom. The van der Waals surface area contributed by atoms with Gasteiger partial charge in [0, 0.05) is 15.0 Å². The van der Waals surface area contributed by atoms with Crippen LogP contribution in [0.4, 0.5) is 14.1 Å². The Morgan fingerprint density at radius 3 is 1.54 bits per heavy atom. The molecule has 1 N–H and O–H groups in total. The smallest absolute Gasteiger partial charge is 0.0431 e. The van der Waals surface area contributed by atoms with Crippen molar-refractivity contribution < 1.29 is 19.2 Å². The van der Waals surface area contributed by atoms with Gasteiger partial charge in [-0.1, -0.05) is 39.0 Å². The molecule has 0 aromatic carbocycles. The van der Waals surface area contributed by atoms with E-state index in [0.717, 1.165) is 6.42 Å². The van der Waals surface area contributed by atoms with Crippen molar-refractivity contribution in [1.82, 2.24) is 0 Å². The Bertz CT molecular complexity index is 52.7. The Kier molecular flexibility index (Phi) is 67.0. The summed E-state index contributed by atoms with van der Waals surface area (Å²) in [5.74, 6) is 0. The maximum Gasteiger partial charge on any atom is 0.0431 e. The Hall–Kier alpha value is -0.185. The molecule has 0 rings (SSSR count). The van der Waals surface area contributed by atoms with Gasteiger partial charge in [0.1, 0.15) is 0 Å². The molecule has 0 spiro atoms. The lowest BCUT2D eigenvalue weighted by Gasteiger charge is -1.95. The average Bonchev–Trinajstić information content (AvgIpc) is 1.89. The Labute approximate surface area is 80.6 Å². The minimum Gasteiger partial charge on any atom is -0.396 e. The fourth-order valence-corrected chi connectivity index (χ4v) is 0.892. The maximum absolute atomic E-state index is 8.42. The highest BCUT2D eigenvalue weighted by atomic mass is 19.0. The number of aliphatic hydroxyl groups is 1. The summed E-state index contributed by atoms with van der Waals surface area (Å²) in [5.41, 5.74) is 0. The average molecular weight is 201 g/mol. The minimum atomic E-state index is 0. The van der Waals surface area contributed by atoms with Crippen molar-refractivity contribution in [3.05, 3.63) is 0 Å². The molecule has 0 heterocycles. The molecule has 0 aliphatic rings. The molecule has 0 aromatic rings. The number of hydrogen-bond acceptors (Lipinski definition) is 1. The van der Waals surface area contributed by atoms with Crippen molar-refractivity contribution in [2.24, 2.45) is 0 Å². The first-order valence-electron chi connectivity index (χ1n) is 4.02. The van der Waals surface area contributed by atoms with Gasteiger partial charge >= 0.3 is 0 Å². The van der Waals surface area contributed by atoms with E-state index < -0.39 is 0 Å². The van der Waals surface area contributed by atoms with E-state index in [-0.39, 0.29) is 22.5 Å². The van der Waals surface area contributed by atoms with Gasteiger partial charge in [-0.25, -0.2) is 0 Å². The second kappa shape index (κ2) is 29.8. The van der Waals surface area contributed by atoms with Gasteiger partial charge in [0.25, 0.3) is 0 Å². The zero-order valence-electron chi connectivity index (χ0n) is 8.20. The molecular weight excluding hydrogens is 180 g/mol. The molecule has 5 heteroatoms. The van der Waals surface area contributed by atoms with Gasteiger partial charge in [-0.2, -0.15) is 0 Å². The second-order valence-corrected chi connectivity index (χ2v) is 2.49. The predicted molar refractivity (Wildman–Crippen MR) is 53.7 cm³/mol. The molecule has 0 amide bonds. The van der Waals surface area contributed by atoms with E-state index in [2.05, 4.69) is 6.92 Å². The third kappa shape index (κ3) is 33.7. The fourth-order valence-electron chi connectivity index (χ4n) is 0.892. The first kappa shape index (κ1) is 29.3. The van der Waals surface area contributed by atoms with Crippen molar-refractivity contribution in [3.63, 3.8) is 0 Å². The molecular formula is C8H21BF3O. The predicted octanol–water partition coefficient (Wildman–Crippen LogP) is 2.42. The summed E-state index contributed by atoms with van der Waals surface area (Å²) >= 11 is 0. The number of aliphatic hydroxyl groups excluding tert-OH is 1. The first-order valence-corrected chi connectivity index (χ1v) is 4.02. The molecule has 0 saturated heterocycles. The normalized spacial score (nSPS) is 6.92. The third-order valence-electron chi connectivity index (χ3n) is 1.51. The van der Waals surface area contributed by atoms with Gasteiger partial charge in [-0.05, 0) is 6.42 Å². The molecule has 0 fully saturated rings. The highest BCUT2D eigenvalue weighted by Crippen LogP contribution is 2.03. The summed E-state index contributed by atoms with van der Waals surface area (Å²) in [6.07, 6.45) is 7.50. The van der Waals surface area contributed by atoms with Crippen LogP contribution in [0.5, 0.6) is 0 Å². The maximum atomic E-state index is 8.42. The molecule has 0 bridgehead atoms. The van der Waals surface area contributed by atoms with E-state index in [1.165, 1.54) is 32.1 Å². The van der Waals surface area contributed by atoms with Crippen molar-refractivity contribution in [1.29, 1.82) is 0 Å². The van der Waals surface area contributed by atoms with Crippen LogP contribution in [0.25, 0.3) is 0 Å². The zero-order chi connectivity index (χ0) is 6.95. The molecule has 13 heavy (non-hydrogen) atoms. The van der Waals surface area contributed by atoms with E-state index in [4.69, 9.17) is 5.11 Å². The quantitative estimate of drug-likeness (QED) is 0.516. The highest BCUT2D eigenvalue weighted by molar-refractivity contribution is 5.75. The van der Waals surface area contributed by atoms with Gasteiger partial charge < -0.3 is 5.11 Å². The summed E-state index contributed by atoms with van der Waals surface area (Å²) in [4.78, 5) is 0. The van der Waals surface area contributed by atoms with Crippen LogP contribution in [0, 0.1) is 0 Å². The molecule has 3 radical (unpaired) electrons. The number of unbranched alkanes of at least 4 members (excludes halogenated alkanes) is 5. The van der Waals surface area contributed by atoms with Crippen molar-refractivity contribution >= 4 is 8.41 Å². The van der Waals surface area contributed by atoms with Crippen LogP contribution in [0.1, 0.15) is 45.4 Å². The Morgan fingerprint density at radius 2 is 1.15 bits per heavy atom. The highest BCUT2D eigenvalue weighted by Gasteiger charge is 1.86. The largest absolute Gasteiger partial charge is 0.396 e. The monoisotopic (exact) mass is 201 g/mol. The van der Waals surface area contributed by atoms with Crippen LogP contribution in [0.2, 0.25) is 0 Å². The summed E-state index contributed by atoms with van der Waals surface area (Å²) in [7, 11) is 0. The van der Waals surface area contributed by atoms with E-state index >= 15 is 0 Å². The van der Waals surface area contributed by atoms with Crippen LogP contribution in [-0.2, 0) is 0 Å². The summed E-state index contributed by atoms with van der Waals surface area (Å²) in [6.45, 7) is 2.58. The fraction of sp³-hybridized carbons (Fsp3) is 1.00. The van der Waals surface area contributed by atoms with Crippen LogP contribution in [-0.4, -0.2) is 20.1 Å². The van der Waals surface area contributed by atoms with Crippen LogP contribution in [0.3, 0.4) is 0 Å². The SMILES string of the molecule is CCCCCCCCO.F.F.F.[B]. The van der Waals surface area contributed by atoms with Crippen molar-refractivity contribution in [2.75, 3.05) is 6.61 Å². The number of rotatable bonds is 6. The molecule has 0 atom stereocenters. The topological polar surface area (TPSA) is 20.2 Å². The van der Waals surface area contributed by atoms with Crippen LogP contribution in [0.15, 0.2) is 0 Å². The second-order valence-electron chi connectivity index (χ2n) is 2.49. The third-order valence-corrected chi connectivity index (χ3v) is 1.51. The molecule has 0 saturated carbocycles. The molecule has 83 valence electrons. The molecule has 0 aromatic heterocycles. The summed E-state index contributed by atoms with van der Waals surface area (Å²) in [6, 6.07) is 0. The van der Waals surface area contributed by atoms with E-state index in [9.17, 15) is 0 Å². The zero-order valence-corrected chi connectivity index (χ0v) is 8.20. The van der Waals surface area contributed by atoms with Crippen LogP contribution >= 0.6 is 0 Å². The Balaban J connectivity index is -0.0000000533. The number of hydrogen-bond donors (Lipinski definition) is 1. The van der Waals surface area contributed by atoms with E-state index in [1.807, 2.05) is 0 Å². The molecule has 0 aliphatic heterocycles. The lowest BCUT2D eigenvalue weighted by molar-refractivity contribution is 0.282. The molecule has 1 nitrogen and oxygen atoms in total. The van der Waals surface area contributed by atoms with Gasteiger partial charge in [0.15, 0.2) is 0 Å². The van der Waals surface area contributed by atoms with Crippen LogP contribution < -0.4 is 0 Å². The van der Waals surface area contributed by atoms with Gasteiger partial charge in [-0.3, -0.25) is 14.1 Å². The molecule has 0 unspecified atom stereocenters. The first-order chi connectivity index (χ1) is 4.41. The lowest BCUT2D eigenvalue weighted by atomic mass is 10.1. The van der Waals surface area contributed by atoms with Crippen molar-refractivity contribution in [3.8, 4) is 0 Å². The van der Waals surface area contributed by atoms with Gasteiger partial charge in [0.2, 0.25) is 0 Å². The lowest BCUT2D eigenvalue weighted by Crippen LogP contribution is -1.82. The minimum absolute atomic E-state index is 0. The van der Waals surface area contributed by atoms with Gasteiger partial charge in [-0.15, -0.1) is 0 Å². The standard InChI is InChI=1S/C8H18O.B.3FH/c1-2-3-4-5-6-7-8-9;;;;/h9H,2-8H2,1H3;;3*1H.